The third kappa shape index (κ3) is 3.85. The normalized spacial score (nSPS) is 14.9. The largest absolute Gasteiger partial charge is 0.459 e. The number of benzene rings is 1. The average Bonchev–Trinajstić information content (AvgIpc) is 3.17. The lowest BCUT2D eigenvalue weighted by Gasteiger charge is -2.30. The van der Waals surface area contributed by atoms with Gasteiger partial charge in [-0.2, -0.15) is 0 Å². The summed E-state index contributed by atoms with van der Waals surface area (Å²) in [4.78, 5) is 36.6. The lowest BCUT2D eigenvalue weighted by atomic mass is 9.95. The molecule has 0 bridgehead atoms. The summed E-state index contributed by atoms with van der Waals surface area (Å²) in [5.74, 6) is -0.490. The van der Waals surface area contributed by atoms with Crippen molar-refractivity contribution in [1.29, 1.82) is 0 Å². The quantitative estimate of drug-likeness (QED) is 0.649. The highest BCUT2D eigenvalue weighted by atomic mass is 35.5. The van der Waals surface area contributed by atoms with Gasteiger partial charge in [-0.05, 0) is 31.0 Å². The fourth-order valence-corrected chi connectivity index (χ4v) is 3.02. The van der Waals surface area contributed by atoms with Crippen LogP contribution >= 0.6 is 11.6 Å². The zero-order valence-corrected chi connectivity index (χ0v) is 14.4. The van der Waals surface area contributed by atoms with E-state index in [0.29, 0.717) is 25.9 Å². The second-order valence-electron chi connectivity index (χ2n) is 5.95. The Labute approximate surface area is 153 Å². The Balaban J connectivity index is 1.60. The predicted octanol–water partition coefficient (Wildman–Crippen LogP) is 3.33. The molecule has 2 aromatic rings. The van der Waals surface area contributed by atoms with Crippen molar-refractivity contribution in [2.75, 3.05) is 18.4 Å². The number of nitrogens with one attached hydrogen (secondary N) is 1. The van der Waals surface area contributed by atoms with E-state index in [9.17, 15) is 19.7 Å². The van der Waals surface area contributed by atoms with Crippen LogP contribution in [0.1, 0.15) is 23.4 Å². The van der Waals surface area contributed by atoms with Crippen LogP contribution in [-0.2, 0) is 4.79 Å². The Hall–Kier alpha value is -2.87. The Kier molecular flexibility index (Phi) is 5.22. The Morgan fingerprint density at radius 3 is 2.62 bits per heavy atom. The van der Waals surface area contributed by atoms with Gasteiger partial charge in [-0.15, -0.1) is 0 Å². The molecule has 1 aliphatic heterocycles. The molecular formula is C17H16ClN3O5. The SMILES string of the molecule is O=C(Nc1cc([N+](=O)[O-])ccc1Cl)C1CCN(C(=O)c2ccco2)CC1. The first-order valence-corrected chi connectivity index (χ1v) is 8.41. The molecule has 1 N–H and O–H groups in total. The molecule has 136 valence electrons. The monoisotopic (exact) mass is 377 g/mol. The van der Waals surface area contributed by atoms with E-state index < -0.39 is 4.92 Å². The predicted molar refractivity (Wildman–Crippen MR) is 94.1 cm³/mol. The standard InChI is InChI=1S/C17H16ClN3O5/c18-13-4-3-12(21(24)25)10-14(13)19-16(22)11-5-7-20(8-6-11)17(23)15-2-1-9-26-15/h1-4,9-11H,5-8H2,(H,19,22). The molecule has 0 unspecified atom stereocenters. The Morgan fingerprint density at radius 1 is 1.27 bits per heavy atom. The van der Waals surface area contributed by atoms with Crippen molar-refractivity contribution in [3.8, 4) is 0 Å². The van der Waals surface area contributed by atoms with Crippen LogP contribution in [0.3, 0.4) is 0 Å². The molecule has 2 heterocycles. The van der Waals surface area contributed by atoms with E-state index in [4.69, 9.17) is 16.0 Å². The molecule has 8 nitrogen and oxygen atoms in total. The number of non-ortho nitro benzene ring substituents is 1. The number of carbonyl (C=O) groups excluding carboxylic acids is 2. The van der Waals surface area contributed by atoms with Crippen molar-refractivity contribution >= 4 is 34.8 Å². The van der Waals surface area contributed by atoms with E-state index in [1.165, 1.54) is 24.5 Å². The maximum atomic E-state index is 12.4. The van der Waals surface area contributed by atoms with Gasteiger partial charge in [0.1, 0.15) is 0 Å². The van der Waals surface area contributed by atoms with Crippen molar-refractivity contribution < 1.29 is 18.9 Å². The van der Waals surface area contributed by atoms with E-state index in [2.05, 4.69) is 5.32 Å². The number of likely N-dealkylation sites (tertiary alicyclic amines) is 1. The topological polar surface area (TPSA) is 106 Å². The van der Waals surface area contributed by atoms with Gasteiger partial charge in [0.25, 0.3) is 11.6 Å². The van der Waals surface area contributed by atoms with Crippen LogP contribution in [0, 0.1) is 16.0 Å². The Morgan fingerprint density at radius 2 is 2.00 bits per heavy atom. The van der Waals surface area contributed by atoms with Crippen molar-refractivity contribution in [2.24, 2.45) is 5.92 Å². The summed E-state index contributed by atoms with van der Waals surface area (Å²) in [5, 5.41) is 13.7. The number of nitro benzene ring substituents is 1. The zero-order valence-electron chi connectivity index (χ0n) is 13.7. The molecule has 0 saturated carbocycles. The van der Waals surface area contributed by atoms with Crippen LogP contribution in [0.4, 0.5) is 11.4 Å². The molecule has 0 spiro atoms. The number of hydrogen-bond donors (Lipinski definition) is 1. The molecule has 2 amide bonds. The molecule has 0 aliphatic carbocycles. The average molecular weight is 378 g/mol. The van der Waals surface area contributed by atoms with Crippen LogP contribution in [0.25, 0.3) is 0 Å². The highest BCUT2D eigenvalue weighted by Gasteiger charge is 2.29. The van der Waals surface area contributed by atoms with Crippen LogP contribution in [0.2, 0.25) is 5.02 Å². The maximum Gasteiger partial charge on any atom is 0.289 e. The molecule has 0 atom stereocenters. The first-order chi connectivity index (χ1) is 12.5. The summed E-state index contributed by atoms with van der Waals surface area (Å²) in [7, 11) is 0. The maximum absolute atomic E-state index is 12.4. The summed E-state index contributed by atoms with van der Waals surface area (Å²) < 4.78 is 5.11. The number of nitrogens with zero attached hydrogens (tertiary/aromatic N) is 2. The van der Waals surface area contributed by atoms with Gasteiger partial charge >= 0.3 is 0 Å². The highest BCUT2D eigenvalue weighted by Crippen LogP contribution is 2.28. The smallest absolute Gasteiger partial charge is 0.289 e. The van der Waals surface area contributed by atoms with Crippen LogP contribution < -0.4 is 5.32 Å². The molecule has 9 heteroatoms. The van der Waals surface area contributed by atoms with E-state index in [0.717, 1.165) is 0 Å². The van der Waals surface area contributed by atoms with E-state index in [1.54, 1.807) is 17.0 Å². The van der Waals surface area contributed by atoms with Gasteiger partial charge in [-0.3, -0.25) is 19.7 Å². The van der Waals surface area contributed by atoms with Gasteiger partial charge in [-0.25, -0.2) is 0 Å². The minimum atomic E-state index is -0.551. The molecule has 1 aromatic carbocycles. The second kappa shape index (κ2) is 7.57. The van der Waals surface area contributed by atoms with Crippen LogP contribution in [0.15, 0.2) is 41.0 Å². The van der Waals surface area contributed by atoms with E-state index in [1.807, 2.05) is 0 Å². The third-order valence-electron chi connectivity index (χ3n) is 4.30. The Bertz CT molecular complexity index is 829. The van der Waals surface area contributed by atoms with Crippen LogP contribution in [0.5, 0.6) is 0 Å². The van der Waals surface area contributed by atoms with Crippen molar-refractivity contribution in [2.45, 2.75) is 12.8 Å². The fraction of sp³-hybridized carbons (Fsp3) is 0.294. The molecule has 1 aromatic heterocycles. The highest BCUT2D eigenvalue weighted by molar-refractivity contribution is 6.33. The van der Waals surface area contributed by atoms with E-state index >= 15 is 0 Å². The number of carbonyl (C=O) groups is 2. The summed E-state index contributed by atoms with van der Waals surface area (Å²) in [5.41, 5.74) is 0.0588. The number of piperidine rings is 1. The first kappa shape index (κ1) is 17.9. The first-order valence-electron chi connectivity index (χ1n) is 8.03. The van der Waals surface area contributed by atoms with Gasteiger partial charge in [0.2, 0.25) is 5.91 Å². The summed E-state index contributed by atoms with van der Waals surface area (Å²) in [6, 6.07) is 7.13. The minimum Gasteiger partial charge on any atom is -0.459 e. The number of rotatable bonds is 4. The molecule has 26 heavy (non-hydrogen) atoms. The molecule has 3 rings (SSSR count). The van der Waals surface area contributed by atoms with E-state index in [-0.39, 0.29) is 39.9 Å². The number of amides is 2. The van der Waals surface area contributed by atoms with Gasteiger partial charge in [0, 0.05) is 31.1 Å². The van der Waals surface area contributed by atoms with Gasteiger partial charge < -0.3 is 14.6 Å². The third-order valence-corrected chi connectivity index (χ3v) is 4.63. The lowest BCUT2D eigenvalue weighted by Crippen LogP contribution is -2.41. The number of nitro groups is 1. The molecule has 1 fully saturated rings. The number of furan rings is 1. The fourth-order valence-electron chi connectivity index (χ4n) is 2.86. The van der Waals surface area contributed by atoms with Gasteiger partial charge in [-0.1, -0.05) is 11.6 Å². The molecule has 1 saturated heterocycles. The summed E-state index contributed by atoms with van der Waals surface area (Å²) >= 11 is 6.01. The van der Waals surface area contributed by atoms with Crippen molar-refractivity contribution in [3.63, 3.8) is 0 Å². The zero-order chi connectivity index (χ0) is 18.7. The molecule has 0 radical (unpaired) electrons. The van der Waals surface area contributed by atoms with Gasteiger partial charge in [0.15, 0.2) is 5.76 Å². The van der Waals surface area contributed by atoms with Gasteiger partial charge in [0.05, 0.1) is 21.9 Å². The number of hydrogen-bond acceptors (Lipinski definition) is 5. The second-order valence-corrected chi connectivity index (χ2v) is 6.36. The minimum absolute atomic E-state index is 0.149. The molecule has 1 aliphatic rings. The number of anilines is 1. The number of halogens is 1. The lowest BCUT2D eigenvalue weighted by molar-refractivity contribution is -0.384. The summed E-state index contributed by atoms with van der Waals surface area (Å²) in [6.07, 6.45) is 2.42. The van der Waals surface area contributed by atoms with Crippen molar-refractivity contribution in [1.82, 2.24) is 4.90 Å². The summed E-state index contributed by atoms with van der Waals surface area (Å²) in [6.45, 7) is 0.862. The molecular weight excluding hydrogens is 362 g/mol. The van der Waals surface area contributed by atoms with Crippen LogP contribution in [-0.4, -0.2) is 34.7 Å². The van der Waals surface area contributed by atoms with Crippen molar-refractivity contribution in [3.05, 3.63) is 57.5 Å².